The van der Waals surface area contributed by atoms with E-state index in [1.54, 1.807) is 6.07 Å². The van der Waals surface area contributed by atoms with Crippen LogP contribution < -0.4 is 5.73 Å². The van der Waals surface area contributed by atoms with Crippen LogP contribution in [0.1, 0.15) is 29.7 Å². The van der Waals surface area contributed by atoms with Crippen molar-refractivity contribution in [1.29, 1.82) is 0 Å². The first-order chi connectivity index (χ1) is 6.11. The Morgan fingerprint density at radius 3 is 2.77 bits per heavy atom. The standard InChI is InChI=1S/C11H14FN/c1-6-3-4-9(12)8-5-7(2)11(13)10(6)8/h3-4,7,11H,5,13H2,1-2H3. The second kappa shape index (κ2) is 2.81. The van der Waals surface area contributed by atoms with Gasteiger partial charge in [0.25, 0.3) is 0 Å². The number of hydrogen-bond acceptors (Lipinski definition) is 1. The predicted molar refractivity (Wildman–Crippen MR) is 50.9 cm³/mol. The first-order valence-corrected chi connectivity index (χ1v) is 4.64. The smallest absolute Gasteiger partial charge is 0.126 e. The molecule has 0 heterocycles. The minimum atomic E-state index is -0.0969. The van der Waals surface area contributed by atoms with Gasteiger partial charge < -0.3 is 5.73 Å². The van der Waals surface area contributed by atoms with Gasteiger partial charge in [-0.2, -0.15) is 0 Å². The molecule has 0 bridgehead atoms. The van der Waals surface area contributed by atoms with Gasteiger partial charge in [0.1, 0.15) is 5.82 Å². The van der Waals surface area contributed by atoms with Crippen LogP contribution in [0.25, 0.3) is 0 Å². The summed E-state index contributed by atoms with van der Waals surface area (Å²) in [6, 6.07) is 3.37. The predicted octanol–water partition coefficient (Wildman–Crippen LogP) is 2.33. The Balaban J connectivity index is 2.61. The second-order valence-electron chi connectivity index (χ2n) is 3.96. The van der Waals surface area contributed by atoms with Gasteiger partial charge in [-0.15, -0.1) is 0 Å². The van der Waals surface area contributed by atoms with E-state index in [4.69, 9.17) is 5.73 Å². The molecule has 0 aromatic heterocycles. The molecule has 1 aromatic rings. The molecule has 0 saturated heterocycles. The van der Waals surface area contributed by atoms with Crippen LogP contribution in [0, 0.1) is 18.7 Å². The first kappa shape index (κ1) is 8.70. The molecule has 0 fully saturated rings. The van der Waals surface area contributed by atoms with Crippen LogP contribution in [-0.4, -0.2) is 0 Å². The van der Waals surface area contributed by atoms with E-state index in [1.807, 2.05) is 13.0 Å². The quantitative estimate of drug-likeness (QED) is 0.650. The molecule has 13 heavy (non-hydrogen) atoms. The van der Waals surface area contributed by atoms with Crippen molar-refractivity contribution in [3.63, 3.8) is 0 Å². The number of hydrogen-bond donors (Lipinski definition) is 1. The lowest BCUT2D eigenvalue weighted by Crippen LogP contribution is -2.14. The number of rotatable bonds is 0. The Bertz CT molecular complexity index is 346. The minimum Gasteiger partial charge on any atom is -0.324 e. The summed E-state index contributed by atoms with van der Waals surface area (Å²) < 4.78 is 13.4. The molecule has 2 heteroatoms. The zero-order chi connectivity index (χ0) is 9.59. The van der Waals surface area contributed by atoms with E-state index < -0.39 is 0 Å². The van der Waals surface area contributed by atoms with E-state index in [0.29, 0.717) is 5.92 Å². The molecule has 1 aliphatic carbocycles. The van der Waals surface area contributed by atoms with Gasteiger partial charge in [0.05, 0.1) is 0 Å². The zero-order valence-electron chi connectivity index (χ0n) is 7.97. The van der Waals surface area contributed by atoms with Gasteiger partial charge in [-0.25, -0.2) is 4.39 Å². The monoisotopic (exact) mass is 179 g/mol. The van der Waals surface area contributed by atoms with Crippen molar-refractivity contribution in [2.24, 2.45) is 11.7 Å². The van der Waals surface area contributed by atoms with Gasteiger partial charge in [0.2, 0.25) is 0 Å². The normalized spacial score (nSPS) is 26.2. The number of benzene rings is 1. The highest BCUT2D eigenvalue weighted by Crippen LogP contribution is 2.37. The second-order valence-corrected chi connectivity index (χ2v) is 3.96. The third kappa shape index (κ3) is 1.17. The molecular weight excluding hydrogens is 165 g/mol. The third-order valence-electron chi connectivity index (χ3n) is 2.99. The Morgan fingerprint density at radius 2 is 2.15 bits per heavy atom. The molecule has 2 N–H and O–H groups in total. The first-order valence-electron chi connectivity index (χ1n) is 4.64. The molecule has 1 aliphatic rings. The van der Waals surface area contributed by atoms with Gasteiger partial charge in [-0.05, 0) is 42.0 Å². The molecule has 0 amide bonds. The summed E-state index contributed by atoms with van der Waals surface area (Å²) in [5, 5.41) is 0. The summed E-state index contributed by atoms with van der Waals surface area (Å²) >= 11 is 0. The molecule has 1 nitrogen and oxygen atoms in total. The molecule has 2 atom stereocenters. The summed E-state index contributed by atoms with van der Waals surface area (Å²) in [5.74, 6) is 0.269. The van der Waals surface area contributed by atoms with Crippen molar-refractivity contribution >= 4 is 0 Å². The lowest BCUT2D eigenvalue weighted by Gasteiger charge is -2.11. The van der Waals surface area contributed by atoms with Crippen molar-refractivity contribution in [3.05, 3.63) is 34.6 Å². The van der Waals surface area contributed by atoms with Crippen molar-refractivity contribution in [3.8, 4) is 0 Å². The Morgan fingerprint density at radius 1 is 1.46 bits per heavy atom. The lowest BCUT2D eigenvalue weighted by atomic mass is 10.00. The fraction of sp³-hybridized carbons (Fsp3) is 0.455. The molecule has 70 valence electrons. The highest BCUT2D eigenvalue weighted by atomic mass is 19.1. The van der Waals surface area contributed by atoms with Crippen molar-refractivity contribution in [2.75, 3.05) is 0 Å². The van der Waals surface area contributed by atoms with Crippen molar-refractivity contribution in [1.82, 2.24) is 0 Å². The van der Waals surface area contributed by atoms with Crippen LogP contribution in [0.5, 0.6) is 0 Å². The van der Waals surface area contributed by atoms with Gasteiger partial charge in [-0.3, -0.25) is 0 Å². The largest absolute Gasteiger partial charge is 0.324 e. The Labute approximate surface area is 77.8 Å². The van der Waals surface area contributed by atoms with Crippen LogP contribution in [0.3, 0.4) is 0 Å². The molecule has 2 rings (SSSR count). The number of aryl methyl sites for hydroxylation is 1. The average molecular weight is 179 g/mol. The number of fused-ring (bicyclic) bond motifs is 1. The average Bonchev–Trinajstić information content (AvgIpc) is 2.38. The zero-order valence-corrected chi connectivity index (χ0v) is 7.97. The van der Waals surface area contributed by atoms with Gasteiger partial charge >= 0.3 is 0 Å². The molecule has 0 saturated carbocycles. The molecule has 0 aliphatic heterocycles. The maximum Gasteiger partial charge on any atom is 0.126 e. The Hall–Kier alpha value is -0.890. The maximum atomic E-state index is 13.4. The molecule has 1 aromatic carbocycles. The minimum absolute atomic E-state index is 0.0192. The maximum absolute atomic E-state index is 13.4. The van der Waals surface area contributed by atoms with E-state index in [1.165, 1.54) is 0 Å². The summed E-state index contributed by atoms with van der Waals surface area (Å²) in [5.41, 5.74) is 8.98. The van der Waals surface area contributed by atoms with E-state index in [-0.39, 0.29) is 11.9 Å². The van der Waals surface area contributed by atoms with Crippen LogP contribution >= 0.6 is 0 Å². The van der Waals surface area contributed by atoms with Crippen molar-refractivity contribution < 1.29 is 4.39 Å². The summed E-state index contributed by atoms with van der Waals surface area (Å²) in [4.78, 5) is 0. The fourth-order valence-electron chi connectivity index (χ4n) is 2.16. The van der Waals surface area contributed by atoms with E-state index >= 15 is 0 Å². The van der Waals surface area contributed by atoms with Crippen molar-refractivity contribution in [2.45, 2.75) is 26.3 Å². The molecule has 2 unspecified atom stereocenters. The molecule has 0 radical (unpaired) electrons. The number of nitrogens with two attached hydrogens (primary N) is 1. The fourth-order valence-corrected chi connectivity index (χ4v) is 2.16. The number of halogens is 1. The van der Waals surface area contributed by atoms with E-state index in [0.717, 1.165) is 23.1 Å². The third-order valence-corrected chi connectivity index (χ3v) is 2.99. The topological polar surface area (TPSA) is 26.0 Å². The SMILES string of the molecule is Cc1ccc(F)c2c1C(N)C(C)C2. The summed E-state index contributed by atoms with van der Waals surface area (Å²) in [7, 11) is 0. The highest BCUT2D eigenvalue weighted by Gasteiger charge is 2.29. The summed E-state index contributed by atoms with van der Waals surface area (Å²) in [6.45, 7) is 4.07. The van der Waals surface area contributed by atoms with Gasteiger partial charge in [-0.1, -0.05) is 13.0 Å². The highest BCUT2D eigenvalue weighted by molar-refractivity contribution is 5.42. The lowest BCUT2D eigenvalue weighted by molar-refractivity contribution is 0.508. The van der Waals surface area contributed by atoms with E-state index in [9.17, 15) is 4.39 Å². The molecule has 0 spiro atoms. The van der Waals surface area contributed by atoms with Gasteiger partial charge in [0.15, 0.2) is 0 Å². The summed E-state index contributed by atoms with van der Waals surface area (Å²) in [6.07, 6.45) is 0.782. The van der Waals surface area contributed by atoms with Crippen LogP contribution in [0.15, 0.2) is 12.1 Å². The van der Waals surface area contributed by atoms with E-state index in [2.05, 4.69) is 6.92 Å². The Kier molecular flexibility index (Phi) is 1.88. The van der Waals surface area contributed by atoms with Crippen LogP contribution in [0.4, 0.5) is 4.39 Å². The van der Waals surface area contributed by atoms with Gasteiger partial charge in [0, 0.05) is 6.04 Å². The van der Waals surface area contributed by atoms with Crippen LogP contribution in [-0.2, 0) is 6.42 Å². The van der Waals surface area contributed by atoms with Crippen LogP contribution in [0.2, 0.25) is 0 Å². The molecular formula is C11H14FN.